The summed E-state index contributed by atoms with van der Waals surface area (Å²) in [7, 11) is 0. The van der Waals surface area contributed by atoms with Crippen LogP contribution in [0.4, 0.5) is 8.78 Å². The van der Waals surface area contributed by atoms with E-state index in [2.05, 4.69) is 15.9 Å². The molecule has 0 radical (unpaired) electrons. The van der Waals surface area contributed by atoms with Crippen LogP contribution in [0.5, 0.6) is 11.5 Å². The van der Waals surface area contributed by atoms with Crippen LogP contribution >= 0.6 is 15.9 Å². The van der Waals surface area contributed by atoms with Crippen LogP contribution < -0.4 is 4.74 Å². The highest BCUT2D eigenvalue weighted by Crippen LogP contribution is 2.31. The molecule has 18 heavy (non-hydrogen) atoms. The molecule has 0 aromatic heterocycles. The van der Waals surface area contributed by atoms with Crippen LogP contribution in [-0.4, -0.2) is 6.29 Å². The topological polar surface area (TPSA) is 26.3 Å². The van der Waals surface area contributed by atoms with Crippen molar-refractivity contribution in [3.63, 3.8) is 0 Å². The number of rotatable bonds is 3. The highest BCUT2D eigenvalue weighted by Gasteiger charge is 2.09. The fraction of sp³-hybridized carbons (Fsp3) is 0. The number of hydrogen-bond acceptors (Lipinski definition) is 2. The minimum absolute atomic E-state index is 0.213. The van der Waals surface area contributed by atoms with Crippen molar-refractivity contribution < 1.29 is 18.3 Å². The Hall–Kier alpha value is -1.75. The molecule has 92 valence electrons. The molecule has 0 saturated carbocycles. The van der Waals surface area contributed by atoms with Gasteiger partial charge in [0.15, 0.2) is 11.6 Å². The van der Waals surface area contributed by atoms with Crippen LogP contribution in [0, 0.1) is 11.6 Å². The lowest BCUT2D eigenvalue weighted by molar-refractivity contribution is 0.112. The Morgan fingerprint density at radius 2 is 1.83 bits per heavy atom. The molecule has 5 heteroatoms. The number of carbonyl (C=O) groups is 1. The van der Waals surface area contributed by atoms with Gasteiger partial charge in [-0.2, -0.15) is 0 Å². The van der Waals surface area contributed by atoms with E-state index in [1.165, 1.54) is 18.2 Å². The van der Waals surface area contributed by atoms with Gasteiger partial charge >= 0.3 is 0 Å². The van der Waals surface area contributed by atoms with Crippen molar-refractivity contribution in [3.8, 4) is 11.5 Å². The van der Waals surface area contributed by atoms with Gasteiger partial charge in [-0.25, -0.2) is 8.78 Å². The van der Waals surface area contributed by atoms with E-state index in [0.717, 1.165) is 18.2 Å². The zero-order chi connectivity index (χ0) is 13.1. The molecule has 0 atom stereocenters. The summed E-state index contributed by atoms with van der Waals surface area (Å²) in [5, 5.41) is 0. The van der Waals surface area contributed by atoms with Gasteiger partial charge < -0.3 is 4.74 Å². The molecular weight excluding hydrogens is 306 g/mol. The van der Waals surface area contributed by atoms with E-state index in [1.54, 1.807) is 0 Å². The van der Waals surface area contributed by atoms with E-state index < -0.39 is 11.6 Å². The Labute approximate surface area is 110 Å². The van der Waals surface area contributed by atoms with Gasteiger partial charge in [-0.1, -0.05) is 0 Å². The van der Waals surface area contributed by atoms with Crippen molar-refractivity contribution in [2.24, 2.45) is 0 Å². The quantitative estimate of drug-likeness (QED) is 0.788. The van der Waals surface area contributed by atoms with Gasteiger partial charge in [-0.15, -0.1) is 0 Å². The third kappa shape index (κ3) is 2.73. The second-order valence-corrected chi connectivity index (χ2v) is 4.34. The summed E-state index contributed by atoms with van der Waals surface area (Å²) in [5.74, 6) is -1.17. The lowest BCUT2D eigenvalue weighted by Gasteiger charge is -2.08. The smallest absolute Gasteiger partial charge is 0.166 e. The first-order valence-electron chi connectivity index (χ1n) is 4.98. The van der Waals surface area contributed by atoms with Gasteiger partial charge in [-0.05, 0) is 46.3 Å². The standard InChI is InChI=1S/C13H7BrF2O2/c14-10-5-8(7-17)1-4-12(10)18-13-6-9(15)2-3-11(13)16/h1-7H. The van der Waals surface area contributed by atoms with Crippen LogP contribution in [0.3, 0.4) is 0 Å². The summed E-state index contributed by atoms with van der Waals surface area (Å²) in [4.78, 5) is 10.6. The summed E-state index contributed by atoms with van der Waals surface area (Å²) in [5.41, 5.74) is 0.453. The first kappa shape index (κ1) is 12.7. The molecule has 2 nitrogen and oxygen atoms in total. The number of carbonyl (C=O) groups excluding carboxylic acids is 1. The van der Waals surface area contributed by atoms with Crippen molar-refractivity contribution in [3.05, 3.63) is 58.1 Å². The Morgan fingerprint density at radius 1 is 1.06 bits per heavy atom. The van der Waals surface area contributed by atoms with Crippen molar-refractivity contribution in [1.82, 2.24) is 0 Å². The van der Waals surface area contributed by atoms with Crippen LogP contribution in [0.1, 0.15) is 10.4 Å². The summed E-state index contributed by atoms with van der Waals surface area (Å²) in [6.07, 6.45) is 0.678. The Morgan fingerprint density at radius 3 is 2.50 bits per heavy atom. The predicted octanol–water partition coefficient (Wildman–Crippen LogP) is 4.33. The summed E-state index contributed by atoms with van der Waals surface area (Å²) < 4.78 is 32.1. The molecule has 0 heterocycles. The second-order valence-electron chi connectivity index (χ2n) is 3.48. The van der Waals surface area contributed by atoms with E-state index in [9.17, 15) is 13.6 Å². The fourth-order valence-electron chi connectivity index (χ4n) is 1.35. The van der Waals surface area contributed by atoms with E-state index in [0.29, 0.717) is 22.1 Å². The van der Waals surface area contributed by atoms with Crippen LogP contribution in [-0.2, 0) is 0 Å². The number of benzene rings is 2. The maximum atomic E-state index is 13.4. The number of ether oxygens (including phenoxy) is 1. The number of aldehydes is 1. The van der Waals surface area contributed by atoms with E-state index in [4.69, 9.17) is 4.74 Å². The molecule has 0 saturated heterocycles. The van der Waals surface area contributed by atoms with E-state index in [-0.39, 0.29) is 5.75 Å². The average Bonchev–Trinajstić information content (AvgIpc) is 2.36. The van der Waals surface area contributed by atoms with Crippen LogP contribution in [0.2, 0.25) is 0 Å². The Balaban J connectivity index is 2.34. The molecule has 0 fully saturated rings. The zero-order valence-corrected chi connectivity index (χ0v) is 10.6. The molecule has 0 unspecified atom stereocenters. The minimum atomic E-state index is -0.664. The lowest BCUT2D eigenvalue weighted by Crippen LogP contribution is -1.91. The van der Waals surface area contributed by atoms with E-state index >= 15 is 0 Å². The monoisotopic (exact) mass is 312 g/mol. The molecule has 0 amide bonds. The maximum absolute atomic E-state index is 13.4. The molecular formula is C13H7BrF2O2. The molecule has 0 bridgehead atoms. The highest BCUT2D eigenvalue weighted by atomic mass is 79.9. The first-order chi connectivity index (χ1) is 8.60. The van der Waals surface area contributed by atoms with Crippen LogP contribution in [0.15, 0.2) is 40.9 Å². The average molecular weight is 313 g/mol. The van der Waals surface area contributed by atoms with Gasteiger partial charge in [0.1, 0.15) is 17.9 Å². The highest BCUT2D eigenvalue weighted by molar-refractivity contribution is 9.10. The summed E-state index contributed by atoms with van der Waals surface area (Å²) in [6, 6.07) is 7.49. The molecule has 0 spiro atoms. The number of halogens is 3. The molecule has 2 aromatic carbocycles. The third-order valence-corrected chi connectivity index (χ3v) is 2.82. The molecule has 0 aliphatic heterocycles. The SMILES string of the molecule is O=Cc1ccc(Oc2cc(F)ccc2F)c(Br)c1. The molecule has 0 aliphatic carbocycles. The molecule has 2 rings (SSSR count). The Bertz CT molecular complexity index is 600. The molecule has 0 aliphatic rings. The van der Waals surface area contributed by atoms with Gasteiger partial charge in [-0.3, -0.25) is 4.79 Å². The molecule has 2 aromatic rings. The predicted molar refractivity (Wildman–Crippen MR) is 66.0 cm³/mol. The third-order valence-electron chi connectivity index (χ3n) is 2.21. The first-order valence-corrected chi connectivity index (χ1v) is 5.77. The lowest BCUT2D eigenvalue weighted by atomic mass is 10.2. The summed E-state index contributed by atoms with van der Waals surface area (Å²) >= 11 is 3.19. The minimum Gasteiger partial charge on any atom is -0.453 e. The largest absolute Gasteiger partial charge is 0.453 e. The van der Waals surface area contributed by atoms with Crippen molar-refractivity contribution in [2.45, 2.75) is 0 Å². The van der Waals surface area contributed by atoms with Gasteiger partial charge in [0, 0.05) is 11.6 Å². The van der Waals surface area contributed by atoms with Gasteiger partial charge in [0.05, 0.1) is 4.47 Å². The van der Waals surface area contributed by atoms with Gasteiger partial charge in [0.2, 0.25) is 0 Å². The summed E-state index contributed by atoms with van der Waals surface area (Å²) in [6.45, 7) is 0. The van der Waals surface area contributed by atoms with Gasteiger partial charge in [0.25, 0.3) is 0 Å². The maximum Gasteiger partial charge on any atom is 0.166 e. The van der Waals surface area contributed by atoms with Crippen molar-refractivity contribution in [2.75, 3.05) is 0 Å². The zero-order valence-electron chi connectivity index (χ0n) is 8.99. The van der Waals surface area contributed by atoms with Crippen LogP contribution in [0.25, 0.3) is 0 Å². The second kappa shape index (κ2) is 5.27. The Kier molecular flexibility index (Phi) is 3.72. The number of hydrogen-bond donors (Lipinski definition) is 0. The molecule has 0 N–H and O–H groups in total. The van der Waals surface area contributed by atoms with Crippen molar-refractivity contribution >= 4 is 22.2 Å². The van der Waals surface area contributed by atoms with E-state index in [1.807, 2.05) is 0 Å². The normalized spacial score (nSPS) is 10.2. The van der Waals surface area contributed by atoms with Crippen molar-refractivity contribution in [1.29, 1.82) is 0 Å². The fourth-order valence-corrected chi connectivity index (χ4v) is 1.82.